The SMILES string of the molecule is CC1(C)CC[C@]2(C(=O)O[C@@H]3O[C@H](CO[C@@H]4O[C@H](CO)[C@@H](O)[C@H](O)[C@H]4O)[C@@H](O)[C@H](O)[C@H]3O)CC[C@]3(C)C(=CC[C@@H]4[C@@]5(C)CC[C@H](O[C@@H]6O[C@H](CO)[C@@H](O[C@@H]7OC[C@H](O)[C@H](O)[C@H]7O)[C@H](O)[C@H]6O)[C@@](C)(CO)[C@@H]5CC[C@]43C)[C@H]2C1. The quantitative estimate of drug-likeness (QED) is 0.0549. The topological polar surface area (TPSA) is 374 Å². The van der Waals surface area contributed by atoms with Gasteiger partial charge in [0.05, 0.1) is 44.6 Å². The maximum Gasteiger partial charge on any atom is 0.315 e. The summed E-state index contributed by atoms with van der Waals surface area (Å²) in [6, 6.07) is 0. The zero-order valence-electron chi connectivity index (χ0n) is 44.4. The van der Waals surface area contributed by atoms with Crippen LogP contribution in [0.5, 0.6) is 0 Å². The van der Waals surface area contributed by atoms with Gasteiger partial charge in [-0.15, -0.1) is 0 Å². The van der Waals surface area contributed by atoms with Crippen LogP contribution >= 0.6 is 0 Å². The molecule has 4 aliphatic heterocycles. The van der Waals surface area contributed by atoms with E-state index in [1.807, 2.05) is 6.92 Å². The number of allylic oxidation sites excluding steroid dienone is 2. The fraction of sp³-hybridized carbons (Fsp3) is 0.943. The molecule has 436 valence electrons. The van der Waals surface area contributed by atoms with E-state index in [1.165, 1.54) is 5.57 Å². The molecule has 0 spiro atoms. The van der Waals surface area contributed by atoms with Gasteiger partial charge in [-0.05, 0) is 104 Å². The number of carbonyl (C=O) groups is 1. The zero-order chi connectivity index (χ0) is 55.4. The minimum atomic E-state index is -1.84. The van der Waals surface area contributed by atoms with Crippen LogP contribution in [0.3, 0.4) is 0 Å². The van der Waals surface area contributed by atoms with E-state index in [-0.39, 0.29) is 52.6 Å². The van der Waals surface area contributed by atoms with E-state index >= 15 is 4.79 Å². The molecule has 4 heterocycles. The molecule has 4 saturated carbocycles. The van der Waals surface area contributed by atoms with Crippen molar-refractivity contribution in [1.29, 1.82) is 0 Å². The van der Waals surface area contributed by atoms with Crippen LogP contribution in [-0.4, -0.2) is 233 Å². The Labute approximate surface area is 442 Å². The lowest BCUT2D eigenvalue weighted by Gasteiger charge is -2.71. The maximum absolute atomic E-state index is 15.1. The van der Waals surface area contributed by atoms with Crippen LogP contribution in [-0.2, 0) is 42.7 Å². The first kappa shape index (κ1) is 59.0. The Morgan fingerprint density at radius 1 is 0.605 bits per heavy atom. The summed E-state index contributed by atoms with van der Waals surface area (Å²) >= 11 is 0. The van der Waals surface area contributed by atoms with Gasteiger partial charge in [0, 0.05) is 5.41 Å². The molecule has 23 nitrogen and oxygen atoms in total. The van der Waals surface area contributed by atoms with Gasteiger partial charge in [-0.1, -0.05) is 53.2 Å². The van der Waals surface area contributed by atoms with Gasteiger partial charge >= 0.3 is 5.97 Å². The van der Waals surface area contributed by atoms with E-state index < -0.39 is 159 Å². The van der Waals surface area contributed by atoms with Crippen LogP contribution in [0, 0.1) is 50.2 Å². The standard InChI is InChI=1S/C53H86O23/c1-48(2)13-15-53(47(68)76-46-40(66)36(62)34(60)28(73-46)21-70-43-39(65)35(61)33(59)26(18-54)71-43)16-14-51(5)23(24(53)17-48)7-8-30-49(3)11-10-31(50(4,22-56)29(49)9-12-52(30,51)6)74-45-41(67)37(63)42(27(19-55)72-45)75-44-38(64)32(58)25(57)20-69-44/h7,24-46,54-67H,8-22H2,1-6H3/t24-,25+,26-,27-,28-,29-,30-,31+,32+,33-,34-,35+,36+,37-,38-,39-,40-,41-,42-,43-,44+,45+,46+,49+,50+,51-,52-,53+/m1/s1. The smallest absolute Gasteiger partial charge is 0.315 e. The molecular weight excluding hydrogens is 1000 g/mol. The average molecular weight is 1090 g/mol. The summed E-state index contributed by atoms with van der Waals surface area (Å²) < 4.78 is 46.9. The molecule has 0 aromatic carbocycles. The number of hydrogen-bond acceptors (Lipinski definition) is 23. The highest BCUT2D eigenvalue weighted by Crippen LogP contribution is 2.76. The average Bonchev–Trinajstić information content (AvgIpc) is 3.57. The first-order valence-electron chi connectivity index (χ1n) is 27.4. The van der Waals surface area contributed by atoms with Gasteiger partial charge in [0.1, 0.15) is 91.6 Å². The number of esters is 1. The molecule has 0 unspecified atom stereocenters. The van der Waals surface area contributed by atoms with Crippen molar-refractivity contribution in [2.24, 2.45) is 50.2 Å². The number of ether oxygens (including phenoxy) is 8. The van der Waals surface area contributed by atoms with E-state index in [0.29, 0.717) is 51.4 Å². The van der Waals surface area contributed by atoms with E-state index in [2.05, 4.69) is 40.7 Å². The van der Waals surface area contributed by atoms with Gasteiger partial charge in [0.25, 0.3) is 0 Å². The van der Waals surface area contributed by atoms with Crippen LogP contribution in [0.1, 0.15) is 106 Å². The number of hydrogen-bond donors (Lipinski definition) is 14. The molecule has 0 aromatic rings. The Kier molecular flexibility index (Phi) is 16.8. The van der Waals surface area contributed by atoms with Crippen LogP contribution in [0.15, 0.2) is 11.6 Å². The lowest BCUT2D eigenvalue weighted by Crippen LogP contribution is -2.67. The van der Waals surface area contributed by atoms with Crippen LogP contribution in [0.2, 0.25) is 0 Å². The lowest BCUT2D eigenvalue weighted by molar-refractivity contribution is -0.362. The van der Waals surface area contributed by atoms with Crippen molar-refractivity contribution in [2.45, 2.75) is 229 Å². The molecule has 0 amide bonds. The first-order chi connectivity index (χ1) is 35.7. The monoisotopic (exact) mass is 1090 g/mol. The third-order valence-electron chi connectivity index (χ3n) is 21.2. The van der Waals surface area contributed by atoms with Gasteiger partial charge in [0.15, 0.2) is 18.9 Å². The first-order valence-corrected chi connectivity index (χ1v) is 27.4. The molecule has 14 N–H and O–H groups in total. The second-order valence-electron chi connectivity index (χ2n) is 25.7. The summed E-state index contributed by atoms with van der Waals surface area (Å²) in [5, 5.41) is 149. The summed E-state index contributed by atoms with van der Waals surface area (Å²) in [5.41, 5.74) is -1.82. The van der Waals surface area contributed by atoms with Gasteiger partial charge < -0.3 is 109 Å². The normalized spacial score (nSPS) is 54.3. The summed E-state index contributed by atoms with van der Waals surface area (Å²) in [4.78, 5) is 15.1. The molecule has 9 rings (SSSR count). The van der Waals surface area contributed by atoms with E-state index in [1.54, 1.807) is 0 Å². The van der Waals surface area contributed by atoms with Crippen LogP contribution in [0.25, 0.3) is 0 Å². The molecule has 4 saturated heterocycles. The van der Waals surface area contributed by atoms with E-state index in [4.69, 9.17) is 37.9 Å². The number of carbonyl (C=O) groups excluding carboxylic acids is 1. The molecule has 0 bridgehead atoms. The van der Waals surface area contributed by atoms with Crippen molar-refractivity contribution >= 4 is 5.97 Å². The summed E-state index contributed by atoms with van der Waals surface area (Å²) in [6.07, 6.45) is -22.2. The Hall–Kier alpha value is -1.63. The second-order valence-corrected chi connectivity index (χ2v) is 25.7. The largest absolute Gasteiger partial charge is 0.432 e. The second kappa shape index (κ2) is 21.6. The Morgan fingerprint density at radius 2 is 1.21 bits per heavy atom. The number of aliphatic hydroxyl groups is 14. The highest BCUT2D eigenvalue weighted by atomic mass is 16.8. The summed E-state index contributed by atoms with van der Waals surface area (Å²) in [6.45, 7) is 10.8. The van der Waals surface area contributed by atoms with Crippen molar-refractivity contribution in [2.75, 3.05) is 33.0 Å². The van der Waals surface area contributed by atoms with Crippen molar-refractivity contribution in [3.63, 3.8) is 0 Å². The minimum absolute atomic E-state index is 0.0732. The van der Waals surface area contributed by atoms with Crippen molar-refractivity contribution < 1.29 is 114 Å². The molecule has 0 radical (unpaired) electrons. The number of aliphatic hydroxyl groups excluding tert-OH is 14. The van der Waals surface area contributed by atoms with Crippen molar-refractivity contribution in [3.8, 4) is 0 Å². The third-order valence-corrected chi connectivity index (χ3v) is 21.2. The highest BCUT2D eigenvalue weighted by molar-refractivity contribution is 5.79. The molecular formula is C53H86O23. The maximum atomic E-state index is 15.1. The molecule has 5 aliphatic carbocycles. The van der Waals surface area contributed by atoms with Crippen LogP contribution < -0.4 is 0 Å². The highest BCUT2D eigenvalue weighted by Gasteiger charge is 2.71. The van der Waals surface area contributed by atoms with Gasteiger partial charge in [-0.25, -0.2) is 0 Å². The van der Waals surface area contributed by atoms with E-state index in [9.17, 15) is 71.5 Å². The van der Waals surface area contributed by atoms with Crippen molar-refractivity contribution in [3.05, 3.63) is 11.6 Å². The Morgan fingerprint density at radius 3 is 1.88 bits per heavy atom. The van der Waals surface area contributed by atoms with E-state index in [0.717, 1.165) is 12.8 Å². The molecule has 23 heteroatoms. The molecule has 28 atom stereocenters. The Balaban J connectivity index is 0.912. The third kappa shape index (κ3) is 9.56. The van der Waals surface area contributed by atoms with Gasteiger partial charge in [-0.2, -0.15) is 0 Å². The molecule has 8 fully saturated rings. The van der Waals surface area contributed by atoms with Crippen LogP contribution in [0.4, 0.5) is 0 Å². The zero-order valence-corrected chi connectivity index (χ0v) is 44.4. The summed E-state index contributed by atoms with van der Waals surface area (Å²) in [5.74, 6) is -0.800. The Bertz CT molecular complexity index is 2080. The van der Waals surface area contributed by atoms with Gasteiger partial charge in [0.2, 0.25) is 6.29 Å². The summed E-state index contributed by atoms with van der Waals surface area (Å²) in [7, 11) is 0. The van der Waals surface area contributed by atoms with Gasteiger partial charge in [-0.3, -0.25) is 4.79 Å². The molecule has 0 aromatic heterocycles. The fourth-order valence-corrected chi connectivity index (χ4v) is 16.2. The number of rotatable bonds is 12. The lowest BCUT2D eigenvalue weighted by atomic mass is 9.33. The molecule has 76 heavy (non-hydrogen) atoms. The number of fused-ring (bicyclic) bond motifs is 7. The predicted octanol–water partition coefficient (Wildman–Crippen LogP) is -2.42. The molecule has 9 aliphatic rings. The minimum Gasteiger partial charge on any atom is -0.432 e. The van der Waals surface area contributed by atoms with Crippen molar-refractivity contribution in [1.82, 2.24) is 0 Å². The fourth-order valence-electron chi connectivity index (χ4n) is 16.2. The predicted molar refractivity (Wildman–Crippen MR) is 258 cm³/mol.